The van der Waals surface area contributed by atoms with Gasteiger partial charge in [0, 0.05) is 12.1 Å². The summed E-state index contributed by atoms with van der Waals surface area (Å²) in [5, 5.41) is 13.7. The molecular weight excluding hydrogens is 310 g/mol. The lowest BCUT2D eigenvalue weighted by molar-refractivity contribution is -0.144. The third-order valence-corrected chi connectivity index (χ3v) is 3.57. The second-order valence-electron chi connectivity index (χ2n) is 5.46. The normalized spacial score (nSPS) is 10.5. The number of carbonyl (C=O) groups is 2. The molecule has 0 aliphatic carbocycles. The molecule has 0 radical (unpaired) electrons. The maximum Gasteiger partial charge on any atom is 0.325 e. The van der Waals surface area contributed by atoms with Crippen molar-refractivity contribution in [3.8, 4) is 0 Å². The Labute approximate surface area is 140 Å². The van der Waals surface area contributed by atoms with Crippen molar-refractivity contribution in [2.24, 2.45) is 0 Å². The van der Waals surface area contributed by atoms with E-state index >= 15 is 0 Å². The van der Waals surface area contributed by atoms with Gasteiger partial charge < -0.3 is 10.1 Å². The summed E-state index contributed by atoms with van der Waals surface area (Å²) in [5.41, 5.74) is 2.64. The average molecular weight is 331 g/mol. The number of ether oxygens (including phenoxy) is 1. The number of hydrogen-bond acceptors (Lipinski definition) is 6. The minimum Gasteiger partial charge on any atom is -0.456 e. The van der Waals surface area contributed by atoms with Crippen molar-refractivity contribution in [3.63, 3.8) is 0 Å². The van der Waals surface area contributed by atoms with Crippen LogP contribution in [0.1, 0.15) is 40.7 Å². The smallest absolute Gasteiger partial charge is 0.325 e. The van der Waals surface area contributed by atoms with E-state index in [1.165, 1.54) is 0 Å². The zero-order valence-electron chi connectivity index (χ0n) is 14.1. The van der Waals surface area contributed by atoms with E-state index in [4.69, 9.17) is 4.74 Å². The summed E-state index contributed by atoms with van der Waals surface area (Å²) in [4.78, 5) is 23.8. The standard InChI is InChI=1S/C16H21N5O3/c1-4-7-21-14(18-19-20-21)10-24-15(22)9-17-16(23)13-6-5-11(2)12(3)8-13/h5-6,8H,4,7,9-10H2,1-3H3,(H,17,23). The Bertz CT molecular complexity index is 726. The van der Waals surface area contributed by atoms with Gasteiger partial charge in [0.05, 0.1) is 0 Å². The molecule has 2 rings (SSSR count). The topological polar surface area (TPSA) is 99.0 Å². The number of aryl methyl sites for hydroxylation is 3. The molecule has 24 heavy (non-hydrogen) atoms. The number of carbonyl (C=O) groups excluding carboxylic acids is 2. The lowest BCUT2D eigenvalue weighted by Gasteiger charge is -2.08. The van der Waals surface area contributed by atoms with Crippen molar-refractivity contribution >= 4 is 11.9 Å². The molecule has 2 aromatic rings. The van der Waals surface area contributed by atoms with Crippen molar-refractivity contribution < 1.29 is 14.3 Å². The Morgan fingerprint density at radius 1 is 1.25 bits per heavy atom. The van der Waals surface area contributed by atoms with Crippen molar-refractivity contribution in [1.82, 2.24) is 25.5 Å². The Morgan fingerprint density at radius 3 is 2.75 bits per heavy atom. The number of nitrogens with zero attached hydrogens (tertiary/aromatic N) is 4. The summed E-state index contributed by atoms with van der Waals surface area (Å²) in [7, 11) is 0. The predicted molar refractivity (Wildman–Crippen MR) is 86.2 cm³/mol. The number of hydrogen-bond donors (Lipinski definition) is 1. The molecule has 1 N–H and O–H groups in total. The Kier molecular flexibility index (Phi) is 6.00. The van der Waals surface area contributed by atoms with Gasteiger partial charge in [-0.15, -0.1) is 5.10 Å². The first-order valence-electron chi connectivity index (χ1n) is 7.77. The average Bonchev–Trinajstić information content (AvgIpc) is 3.01. The van der Waals surface area contributed by atoms with Gasteiger partial charge in [-0.1, -0.05) is 13.0 Å². The minimum atomic E-state index is -0.543. The fraction of sp³-hybridized carbons (Fsp3) is 0.438. The van der Waals surface area contributed by atoms with Gasteiger partial charge in [0.15, 0.2) is 12.4 Å². The number of rotatable bonds is 7. The van der Waals surface area contributed by atoms with Gasteiger partial charge >= 0.3 is 5.97 Å². The molecule has 0 atom stereocenters. The first kappa shape index (κ1) is 17.6. The maximum atomic E-state index is 12.0. The lowest BCUT2D eigenvalue weighted by atomic mass is 10.1. The molecule has 0 aliphatic heterocycles. The van der Waals surface area contributed by atoms with E-state index in [0.717, 1.165) is 17.5 Å². The maximum absolute atomic E-state index is 12.0. The van der Waals surface area contributed by atoms with E-state index < -0.39 is 5.97 Å². The zero-order valence-corrected chi connectivity index (χ0v) is 14.1. The molecule has 8 heteroatoms. The molecule has 8 nitrogen and oxygen atoms in total. The summed E-state index contributed by atoms with van der Waals surface area (Å²) in [6.45, 7) is 6.33. The summed E-state index contributed by atoms with van der Waals surface area (Å²) in [6.07, 6.45) is 0.873. The molecule has 0 bridgehead atoms. The molecule has 0 aliphatic rings. The molecule has 1 aromatic heterocycles. The quantitative estimate of drug-likeness (QED) is 0.765. The number of tetrazole rings is 1. The van der Waals surface area contributed by atoms with E-state index in [-0.39, 0.29) is 19.1 Å². The van der Waals surface area contributed by atoms with Gasteiger partial charge in [-0.05, 0) is 54.0 Å². The van der Waals surface area contributed by atoms with E-state index in [0.29, 0.717) is 17.9 Å². The fourth-order valence-corrected chi connectivity index (χ4v) is 2.05. The molecular formula is C16H21N5O3. The van der Waals surface area contributed by atoms with Crippen LogP contribution >= 0.6 is 0 Å². The van der Waals surface area contributed by atoms with Crippen molar-refractivity contribution in [2.45, 2.75) is 40.3 Å². The van der Waals surface area contributed by atoms with E-state index in [2.05, 4.69) is 20.8 Å². The number of aromatic nitrogens is 4. The van der Waals surface area contributed by atoms with Crippen molar-refractivity contribution in [1.29, 1.82) is 0 Å². The second kappa shape index (κ2) is 8.19. The summed E-state index contributed by atoms with van der Waals surface area (Å²) >= 11 is 0. The number of benzene rings is 1. The van der Waals surface area contributed by atoms with Gasteiger partial charge in [0.2, 0.25) is 0 Å². The van der Waals surface area contributed by atoms with Crippen LogP contribution in [0.4, 0.5) is 0 Å². The first-order chi connectivity index (χ1) is 11.5. The molecule has 0 saturated carbocycles. The second-order valence-corrected chi connectivity index (χ2v) is 5.46. The molecule has 128 valence electrons. The van der Waals surface area contributed by atoms with Crippen molar-refractivity contribution in [2.75, 3.05) is 6.54 Å². The third kappa shape index (κ3) is 4.61. The molecule has 0 fully saturated rings. The molecule has 1 amide bonds. The van der Waals surface area contributed by atoms with Crippen LogP contribution in [0.25, 0.3) is 0 Å². The van der Waals surface area contributed by atoms with Crippen LogP contribution in [0.2, 0.25) is 0 Å². The third-order valence-electron chi connectivity index (χ3n) is 3.57. The highest BCUT2D eigenvalue weighted by atomic mass is 16.5. The summed E-state index contributed by atoms with van der Waals surface area (Å²) < 4.78 is 6.67. The van der Waals surface area contributed by atoms with E-state index in [9.17, 15) is 9.59 Å². The van der Waals surface area contributed by atoms with Gasteiger partial charge in [-0.3, -0.25) is 9.59 Å². The van der Waals surface area contributed by atoms with Gasteiger partial charge in [0.1, 0.15) is 6.54 Å². The number of amides is 1. The monoisotopic (exact) mass is 331 g/mol. The van der Waals surface area contributed by atoms with Gasteiger partial charge in [-0.25, -0.2) is 4.68 Å². The van der Waals surface area contributed by atoms with Gasteiger partial charge in [0.25, 0.3) is 5.91 Å². The highest BCUT2D eigenvalue weighted by Gasteiger charge is 2.12. The predicted octanol–water partition coefficient (Wildman–Crippen LogP) is 1.17. The first-order valence-corrected chi connectivity index (χ1v) is 7.77. The highest BCUT2D eigenvalue weighted by molar-refractivity contribution is 5.96. The number of nitrogens with one attached hydrogen (secondary N) is 1. The molecule has 1 aromatic carbocycles. The molecule has 0 unspecified atom stereocenters. The zero-order chi connectivity index (χ0) is 17.5. The van der Waals surface area contributed by atoms with Crippen molar-refractivity contribution in [3.05, 3.63) is 40.7 Å². The van der Waals surface area contributed by atoms with Crippen LogP contribution < -0.4 is 5.32 Å². The molecule has 1 heterocycles. The number of esters is 1. The SMILES string of the molecule is CCCn1nnnc1COC(=O)CNC(=O)c1ccc(C)c(C)c1. The van der Waals surface area contributed by atoms with Crippen LogP contribution in [0.15, 0.2) is 18.2 Å². The van der Waals surface area contributed by atoms with E-state index in [1.807, 2.05) is 26.8 Å². The molecule has 0 saturated heterocycles. The van der Waals surface area contributed by atoms with Gasteiger partial charge in [-0.2, -0.15) is 0 Å². The van der Waals surface area contributed by atoms with Crippen LogP contribution in [0, 0.1) is 13.8 Å². The van der Waals surface area contributed by atoms with Crippen LogP contribution in [-0.4, -0.2) is 38.6 Å². The van der Waals surface area contributed by atoms with Crippen LogP contribution in [-0.2, 0) is 22.7 Å². The Balaban J connectivity index is 1.81. The van der Waals surface area contributed by atoms with Crippen LogP contribution in [0.5, 0.6) is 0 Å². The van der Waals surface area contributed by atoms with E-state index in [1.54, 1.807) is 16.8 Å². The fourth-order valence-electron chi connectivity index (χ4n) is 2.05. The Morgan fingerprint density at radius 2 is 2.04 bits per heavy atom. The largest absolute Gasteiger partial charge is 0.456 e. The van der Waals surface area contributed by atoms with Crippen LogP contribution in [0.3, 0.4) is 0 Å². The highest BCUT2D eigenvalue weighted by Crippen LogP contribution is 2.09. The lowest BCUT2D eigenvalue weighted by Crippen LogP contribution is -2.30. The molecule has 0 spiro atoms. The summed E-state index contributed by atoms with van der Waals surface area (Å²) in [5.74, 6) is -0.380. The summed E-state index contributed by atoms with van der Waals surface area (Å²) in [6, 6.07) is 5.38. The Hall–Kier alpha value is -2.77. The minimum absolute atomic E-state index is 0.0225.